The number of pyridine rings is 1. The summed E-state index contributed by atoms with van der Waals surface area (Å²) in [5.41, 5.74) is 5.31. The predicted octanol–water partition coefficient (Wildman–Crippen LogP) is 3.06. The molecular weight excluding hydrogens is 366 g/mol. The highest BCUT2D eigenvalue weighted by Gasteiger charge is 2.36. The second kappa shape index (κ2) is 7.15. The van der Waals surface area contributed by atoms with E-state index in [2.05, 4.69) is 20.4 Å². The van der Waals surface area contributed by atoms with Gasteiger partial charge in [0.2, 0.25) is 5.95 Å². The molecule has 29 heavy (non-hydrogen) atoms. The largest absolute Gasteiger partial charge is 0.497 e. The van der Waals surface area contributed by atoms with Crippen molar-refractivity contribution in [3.8, 4) is 16.9 Å². The normalized spacial score (nSPS) is 21.4. The van der Waals surface area contributed by atoms with Crippen molar-refractivity contribution in [3.63, 3.8) is 0 Å². The first-order chi connectivity index (χ1) is 14.1. The molecule has 5 rings (SSSR count). The maximum absolute atomic E-state index is 13.0. The van der Waals surface area contributed by atoms with E-state index in [1.807, 2.05) is 30.3 Å². The smallest absolute Gasteiger partial charge is 0.259 e. The number of benzene rings is 1. The van der Waals surface area contributed by atoms with E-state index in [1.165, 1.54) is 19.3 Å². The number of methoxy groups -OCH3 is 1. The maximum atomic E-state index is 13.0. The van der Waals surface area contributed by atoms with E-state index in [0.717, 1.165) is 41.6 Å². The Hall–Kier alpha value is -2.93. The van der Waals surface area contributed by atoms with Gasteiger partial charge in [0.05, 0.1) is 7.11 Å². The van der Waals surface area contributed by atoms with Crippen molar-refractivity contribution in [1.29, 1.82) is 0 Å². The monoisotopic (exact) mass is 391 g/mol. The quantitative estimate of drug-likeness (QED) is 0.737. The third kappa shape index (κ3) is 3.25. The fourth-order valence-corrected chi connectivity index (χ4v) is 4.77. The molecule has 7 nitrogen and oxygen atoms in total. The van der Waals surface area contributed by atoms with Crippen LogP contribution in [-0.4, -0.2) is 39.7 Å². The van der Waals surface area contributed by atoms with Gasteiger partial charge in [0.25, 0.3) is 5.56 Å². The van der Waals surface area contributed by atoms with Crippen molar-refractivity contribution in [1.82, 2.24) is 19.5 Å². The number of rotatable bonds is 4. The lowest BCUT2D eigenvalue weighted by molar-refractivity contribution is 0.369. The maximum Gasteiger partial charge on any atom is 0.259 e. The number of nitrogens with one attached hydrogen (secondary N) is 1. The molecule has 1 aromatic carbocycles. The molecule has 0 radical (unpaired) electrons. The molecule has 3 aromatic rings. The van der Waals surface area contributed by atoms with Gasteiger partial charge in [-0.2, -0.15) is 4.98 Å². The molecular formula is C22H25N5O2. The van der Waals surface area contributed by atoms with Crippen LogP contribution in [0.5, 0.6) is 5.75 Å². The van der Waals surface area contributed by atoms with Crippen molar-refractivity contribution in [2.75, 3.05) is 25.6 Å². The van der Waals surface area contributed by atoms with E-state index in [0.29, 0.717) is 17.2 Å². The molecule has 1 aliphatic carbocycles. The van der Waals surface area contributed by atoms with Gasteiger partial charge in [0, 0.05) is 37.3 Å². The first-order valence-electron chi connectivity index (χ1n) is 10.1. The van der Waals surface area contributed by atoms with E-state index in [-0.39, 0.29) is 5.56 Å². The molecule has 2 aromatic heterocycles. The Kier molecular flexibility index (Phi) is 4.47. The van der Waals surface area contributed by atoms with Crippen LogP contribution in [0.4, 0.5) is 5.95 Å². The number of aryl methyl sites for hydroxylation is 1. The number of ether oxygens (including phenoxy) is 1. The molecule has 1 saturated heterocycles. The third-order valence-electron chi connectivity index (χ3n) is 6.31. The molecule has 0 bridgehead atoms. The fraction of sp³-hybridized carbons (Fsp3) is 0.409. The summed E-state index contributed by atoms with van der Waals surface area (Å²) < 4.78 is 6.89. The molecule has 2 fully saturated rings. The van der Waals surface area contributed by atoms with Gasteiger partial charge in [-0.05, 0) is 48.4 Å². The number of fused-ring (bicyclic) bond motifs is 2. The molecule has 3 heterocycles. The molecule has 7 heteroatoms. The second-order valence-electron chi connectivity index (χ2n) is 8.09. The van der Waals surface area contributed by atoms with Gasteiger partial charge in [-0.1, -0.05) is 18.6 Å². The molecule has 1 saturated carbocycles. The molecule has 0 spiro atoms. The second-order valence-corrected chi connectivity index (χ2v) is 8.09. The number of hydrogen-bond acceptors (Lipinski definition) is 6. The minimum atomic E-state index is -0.0916. The van der Waals surface area contributed by atoms with E-state index in [4.69, 9.17) is 4.74 Å². The third-order valence-corrected chi connectivity index (χ3v) is 6.31. The van der Waals surface area contributed by atoms with E-state index in [9.17, 15) is 4.79 Å². The SMILES string of the molecule is COc1cccc(-c2cc3cnc(NN4CC5CCCC5C4)nc3n(C)c2=O)c1. The van der Waals surface area contributed by atoms with Gasteiger partial charge in [-0.3, -0.25) is 14.8 Å². The van der Waals surface area contributed by atoms with Crippen molar-refractivity contribution in [3.05, 3.63) is 46.9 Å². The zero-order valence-corrected chi connectivity index (χ0v) is 16.8. The van der Waals surface area contributed by atoms with Gasteiger partial charge < -0.3 is 4.74 Å². The Labute approximate surface area is 169 Å². The average molecular weight is 391 g/mol. The summed E-state index contributed by atoms with van der Waals surface area (Å²) in [6.07, 6.45) is 5.78. The number of nitrogens with zero attached hydrogens (tertiary/aromatic N) is 4. The molecule has 2 unspecified atom stereocenters. The molecule has 150 valence electrons. The first kappa shape index (κ1) is 18.1. The zero-order chi connectivity index (χ0) is 20.0. The van der Waals surface area contributed by atoms with E-state index in [1.54, 1.807) is 24.9 Å². The summed E-state index contributed by atoms with van der Waals surface area (Å²) in [4.78, 5) is 22.1. The zero-order valence-electron chi connectivity index (χ0n) is 16.8. The van der Waals surface area contributed by atoms with Crippen LogP contribution >= 0.6 is 0 Å². The Balaban J connectivity index is 1.47. The highest BCUT2D eigenvalue weighted by atomic mass is 16.5. The molecule has 2 atom stereocenters. The minimum absolute atomic E-state index is 0.0916. The van der Waals surface area contributed by atoms with Crippen LogP contribution in [0.25, 0.3) is 22.2 Å². The summed E-state index contributed by atoms with van der Waals surface area (Å²) in [5.74, 6) is 2.84. The Morgan fingerprint density at radius 3 is 2.72 bits per heavy atom. The van der Waals surface area contributed by atoms with E-state index < -0.39 is 0 Å². The predicted molar refractivity (Wildman–Crippen MR) is 113 cm³/mol. The number of hydrazine groups is 1. The van der Waals surface area contributed by atoms with Gasteiger partial charge in [0.1, 0.15) is 11.4 Å². The molecule has 0 amide bonds. The number of aromatic nitrogens is 3. The molecule has 1 aliphatic heterocycles. The molecule has 1 N–H and O–H groups in total. The lowest BCUT2D eigenvalue weighted by Gasteiger charge is -2.18. The standard InChI is InChI=1S/C22H25N5O2/c1-26-20-17(10-19(21(26)28)14-5-4-8-18(9-14)29-2)11-23-22(24-20)25-27-12-15-6-3-7-16(15)13-27/h4-5,8-11,15-16H,3,6-7,12-13H2,1-2H3,(H,23,24,25). The van der Waals surface area contributed by atoms with Gasteiger partial charge in [-0.15, -0.1) is 0 Å². The topological polar surface area (TPSA) is 72.3 Å². The number of hydrogen-bond donors (Lipinski definition) is 1. The first-order valence-corrected chi connectivity index (χ1v) is 10.1. The Morgan fingerprint density at radius 2 is 1.97 bits per heavy atom. The minimum Gasteiger partial charge on any atom is -0.497 e. The van der Waals surface area contributed by atoms with Gasteiger partial charge in [-0.25, -0.2) is 9.99 Å². The van der Waals surface area contributed by atoms with Crippen molar-refractivity contribution >= 4 is 17.0 Å². The lowest BCUT2D eigenvalue weighted by Crippen LogP contribution is -2.29. The number of anilines is 1. The van der Waals surface area contributed by atoms with Crippen molar-refractivity contribution in [2.45, 2.75) is 19.3 Å². The summed E-state index contributed by atoms with van der Waals surface area (Å²) in [6.45, 7) is 2.08. The average Bonchev–Trinajstić information content (AvgIpc) is 3.33. The van der Waals surface area contributed by atoms with Crippen molar-refractivity contribution < 1.29 is 4.74 Å². The van der Waals surface area contributed by atoms with Gasteiger partial charge >= 0.3 is 0 Å². The van der Waals surface area contributed by atoms with Crippen LogP contribution in [0.1, 0.15) is 19.3 Å². The lowest BCUT2D eigenvalue weighted by atomic mass is 10.0. The van der Waals surface area contributed by atoms with Crippen LogP contribution in [0.15, 0.2) is 41.3 Å². The van der Waals surface area contributed by atoms with Crippen LogP contribution in [-0.2, 0) is 7.05 Å². The Morgan fingerprint density at radius 1 is 1.17 bits per heavy atom. The highest BCUT2D eigenvalue weighted by molar-refractivity contribution is 5.81. The Bertz CT molecular complexity index is 1110. The highest BCUT2D eigenvalue weighted by Crippen LogP contribution is 2.37. The summed E-state index contributed by atoms with van der Waals surface area (Å²) in [5, 5.41) is 3.05. The van der Waals surface area contributed by atoms with E-state index >= 15 is 0 Å². The van der Waals surface area contributed by atoms with Crippen LogP contribution < -0.4 is 15.7 Å². The van der Waals surface area contributed by atoms with Crippen LogP contribution in [0.3, 0.4) is 0 Å². The summed E-state index contributed by atoms with van der Waals surface area (Å²) in [6, 6.07) is 9.38. The van der Waals surface area contributed by atoms with Crippen molar-refractivity contribution in [2.24, 2.45) is 18.9 Å². The summed E-state index contributed by atoms with van der Waals surface area (Å²) >= 11 is 0. The van der Waals surface area contributed by atoms with Crippen LogP contribution in [0, 0.1) is 11.8 Å². The molecule has 2 aliphatic rings. The fourth-order valence-electron chi connectivity index (χ4n) is 4.77. The van der Waals surface area contributed by atoms with Gasteiger partial charge in [0.15, 0.2) is 0 Å². The summed E-state index contributed by atoms with van der Waals surface area (Å²) in [7, 11) is 3.37. The van der Waals surface area contributed by atoms with Crippen LogP contribution in [0.2, 0.25) is 0 Å².